The molecular formula is C18H32N2O2. The smallest absolute Gasteiger partial charge is 0.223 e. The zero-order valence-electron chi connectivity index (χ0n) is 13.8. The fourth-order valence-corrected chi connectivity index (χ4v) is 4.88. The summed E-state index contributed by atoms with van der Waals surface area (Å²) in [6.45, 7) is 3.62. The highest BCUT2D eigenvalue weighted by molar-refractivity contribution is 5.79. The number of rotatable bonds is 4. The predicted octanol–water partition coefficient (Wildman–Crippen LogP) is 2.17. The summed E-state index contributed by atoms with van der Waals surface area (Å²) in [7, 11) is 0. The van der Waals surface area contributed by atoms with E-state index in [0.29, 0.717) is 11.8 Å². The van der Waals surface area contributed by atoms with Crippen molar-refractivity contribution in [3.63, 3.8) is 0 Å². The van der Waals surface area contributed by atoms with E-state index in [1.54, 1.807) is 0 Å². The summed E-state index contributed by atoms with van der Waals surface area (Å²) >= 11 is 0. The minimum Gasteiger partial charge on any atom is -0.393 e. The van der Waals surface area contributed by atoms with Crippen LogP contribution in [0.3, 0.4) is 0 Å². The van der Waals surface area contributed by atoms with E-state index in [9.17, 15) is 9.90 Å². The molecule has 4 heteroatoms. The van der Waals surface area contributed by atoms with Crippen LogP contribution in [0.1, 0.15) is 57.8 Å². The molecular weight excluding hydrogens is 276 g/mol. The van der Waals surface area contributed by atoms with E-state index in [-0.39, 0.29) is 12.0 Å². The van der Waals surface area contributed by atoms with Crippen molar-refractivity contribution in [3.8, 4) is 0 Å². The third kappa shape index (κ3) is 4.02. The molecule has 0 aromatic heterocycles. The molecule has 1 amide bonds. The van der Waals surface area contributed by atoms with Gasteiger partial charge in [0.25, 0.3) is 0 Å². The number of fused-ring (bicyclic) bond motifs is 1. The molecule has 1 saturated heterocycles. The van der Waals surface area contributed by atoms with Crippen LogP contribution in [0.25, 0.3) is 0 Å². The summed E-state index contributed by atoms with van der Waals surface area (Å²) in [5.41, 5.74) is 0. The lowest BCUT2D eigenvalue weighted by Gasteiger charge is -2.40. The number of hydrogen-bond donors (Lipinski definition) is 2. The molecule has 3 atom stereocenters. The molecule has 3 aliphatic rings. The van der Waals surface area contributed by atoms with Crippen LogP contribution in [0.5, 0.6) is 0 Å². The zero-order chi connectivity index (χ0) is 15.4. The summed E-state index contributed by atoms with van der Waals surface area (Å²) in [5.74, 6) is 2.07. The van der Waals surface area contributed by atoms with Gasteiger partial charge in [-0.05, 0) is 37.5 Å². The zero-order valence-corrected chi connectivity index (χ0v) is 13.8. The van der Waals surface area contributed by atoms with Gasteiger partial charge < -0.3 is 15.3 Å². The summed E-state index contributed by atoms with van der Waals surface area (Å²) in [5, 5.41) is 12.7. The molecule has 0 aromatic carbocycles. The third-order valence-electron chi connectivity index (χ3n) is 6.20. The normalized spacial score (nSPS) is 34.1. The Kier molecular flexibility index (Phi) is 5.75. The number of carbonyl (C=O) groups excluding carboxylic acids is 1. The maximum atomic E-state index is 12.6. The second kappa shape index (κ2) is 7.78. The van der Waals surface area contributed by atoms with Crippen molar-refractivity contribution in [2.75, 3.05) is 26.2 Å². The van der Waals surface area contributed by atoms with Crippen LogP contribution in [0, 0.1) is 17.8 Å². The second-order valence-electron chi connectivity index (χ2n) is 7.61. The van der Waals surface area contributed by atoms with E-state index in [0.717, 1.165) is 51.4 Å². The van der Waals surface area contributed by atoms with E-state index in [1.807, 2.05) is 0 Å². The number of piperidine rings is 1. The lowest BCUT2D eigenvalue weighted by atomic mass is 9.65. The Morgan fingerprint density at radius 1 is 1.00 bits per heavy atom. The van der Waals surface area contributed by atoms with Crippen molar-refractivity contribution < 1.29 is 9.90 Å². The Balaban J connectivity index is 1.41. The monoisotopic (exact) mass is 308 g/mol. The molecule has 1 heterocycles. The first-order valence-corrected chi connectivity index (χ1v) is 9.42. The highest BCUT2D eigenvalue weighted by atomic mass is 16.3. The summed E-state index contributed by atoms with van der Waals surface area (Å²) in [6.07, 6.45) is 10.6. The van der Waals surface area contributed by atoms with Gasteiger partial charge >= 0.3 is 0 Å². The predicted molar refractivity (Wildman–Crippen MR) is 87.5 cm³/mol. The Labute approximate surface area is 134 Å². The number of nitrogens with zero attached hydrogens (tertiary/aromatic N) is 1. The third-order valence-corrected chi connectivity index (χ3v) is 6.20. The number of likely N-dealkylation sites (tertiary alicyclic amines) is 1. The van der Waals surface area contributed by atoms with E-state index in [1.165, 1.54) is 38.5 Å². The van der Waals surface area contributed by atoms with Crippen molar-refractivity contribution in [3.05, 3.63) is 0 Å². The molecule has 2 saturated carbocycles. The lowest BCUT2D eigenvalue weighted by Crippen LogP contribution is -2.45. The van der Waals surface area contributed by atoms with Crippen LogP contribution in [0.2, 0.25) is 0 Å². The van der Waals surface area contributed by atoms with Gasteiger partial charge in [-0.15, -0.1) is 0 Å². The van der Waals surface area contributed by atoms with Gasteiger partial charge in [-0.1, -0.05) is 32.1 Å². The minimum absolute atomic E-state index is 0.115. The molecule has 0 radical (unpaired) electrons. The topological polar surface area (TPSA) is 52.6 Å². The number of aliphatic hydroxyl groups is 1. The Morgan fingerprint density at radius 3 is 2.55 bits per heavy atom. The van der Waals surface area contributed by atoms with Crippen LogP contribution in [-0.2, 0) is 4.79 Å². The first kappa shape index (κ1) is 16.3. The van der Waals surface area contributed by atoms with Crippen molar-refractivity contribution in [2.45, 2.75) is 63.9 Å². The standard InChI is InChI=1S/C18H32N2O2/c21-15-8-11-20(12-9-15)13-10-19-18(22)17-7-3-5-14-4-1-2-6-16(14)17/h14-17,21H,1-13H2,(H,19,22). The van der Waals surface area contributed by atoms with Gasteiger partial charge in [-0.3, -0.25) is 4.79 Å². The Hall–Kier alpha value is -0.610. The molecule has 2 aliphatic carbocycles. The van der Waals surface area contributed by atoms with Crippen LogP contribution in [-0.4, -0.2) is 48.2 Å². The average molecular weight is 308 g/mol. The van der Waals surface area contributed by atoms with E-state index >= 15 is 0 Å². The Morgan fingerprint density at radius 2 is 1.73 bits per heavy atom. The fraction of sp³-hybridized carbons (Fsp3) is 0.944. The van der Waals surface area contributed by atoms with Gasteiger partial charge in [0.05, 0.1) is 6.10 Å². The first-order valence-electron chi connectivity index (χ1n) is 9.42. The molecule has 0 aromatic rings. The maximum Gasteiger partial charge on any atom is 0.223 e. The van der Waals surface area contributed by atoms with Crippen LogP contribution in [0.15, 0.2) is 0 Å². The SMILES string of the molecule is O=C(NCCN1CCC(O)CC1)C1CCCC2CCCCC21. The summed E-state index contributed by atoms with van der Waals surface area (Å²) < 4.78 is 0. The molecule has 126 valence electrons. The number of amides is 1. The molecule has 1 aliphatic heterocycles. The molecule has 3 rings (SSSR count). The van der Waals surface area contributed by atoms with Gasteiger partial charge in [-0.25, -0.2) is 0 Å². The molecule has 22 heavy (non-hydrogen) atoms. The van der Waals surface area contributed by atoms with Crippen LogP contribution in [0.4, 0.5) is 0 Å². The Bertz CT molecular complexity index is 364. The molecule has 3 fully saturated rings. The van der Waals surface area contributed by atoms with Crippen molar-refractivity contribution in [1.29, 1.82) is 0 Å². The molecule has 0 bridgehead atoms. The number of hydrogen-bond acceptors (Lipinski definition) is 3. The van der Waals surface area contributed by atoms with Crippen LogP contribution < -0.4 is 5.32 Å². The lowest BCUT2D eigenvalue weighted by molar-refractivity contribution is -0.129. The second-order valence-corrected chi connectivity index (χ2v) is 7.61. The number of carbonyl (C=O) groups is 1. The molecule has 0 spiro atoms. The number of aliphatic hydroxyl groups excluding tert-OH is 1. The first-order chi connectivity index (χ1) is 10.7. The fourth-order valence-electron chi connectivity index (χ4n) is 4.88. The maximum absolute atomic E-state index is 12.6. The highest BCUT2D eigenvalue weighted by Crippen LogP contribution is 2.43. The largest absolute Gasteiger partial charge is 0.393 e. The molecule has 2 N–H and O–H groups in total. The van der Waals surface area contributed by atoms with E-state index in [4.69, 9.17) is 0 Å². The van der Waals surface area contributed by atoms with Crippen molar-refractivity contribution >= 4 is 5.91 Å². The quantitative estimate of drug-likeness (QED) is 0.837. The van der Waals surface area contributed by atoms with Crippen molar-refractivity contribution in [1.82, 2.24) is 10.2 Å². The highest BCUT2D eigenvalue weighted by Gasteiger charge is 2.38. The average Bonchev–Trinajstić information content (AvgIpc) is 2.56. The van der Waals surface area contributed by atoms with Gasteiger partial charge in [-0.2, -0.15) is 0 Å². The van der Waals surface area contributed by atoms with E-state index < -0.39 is 0 Å². The summed E-state index contributed by atoms with van der Waals surface area (Å²) in [6, 6.07) is 0. The number of nitrogens with one attached hydrogen (secondary N) is 1. The van der Waals surface area contributed by atoms with Gasteiger partial charge in [0.15, 0.2) is 0 Å². The van der Waals surface area contributed by atoms with Crippen molar-refractivity contribution in [2.24, 2.45) is 17.8 Å². The molecule has 4 nitrogen and oxygen atoms in total. The minimum atomic E-state index is -0.115. The van der Waals surface area contributed by atoms with Gasteiger partial charge in [0.2, 0.25) is 5.91 Å². The summed E-state index contributed by atoms with van der Waals surface area (Å²) in [4.78, 5) is 14.9. The molecule has 3 unspecified atom stereocenters. The van der Waals surface area contributed by atoms with Gasteiger partial charge in [0, 0.05) is 32.1 Å². The van der Waals surface area contributed by atoms with Crippen LogP contribution >= 0.6 is 0 Å². The van der Waals surface area contributed by atoms with E-state index in [2.05, 4.69) is 10.2 Å². The van der Waals surface area contributed by atoms with Gasteiger partial charge in [0.1, 0.15) is 0 Å².